The van der Waals surface area contributed by atoms with Gasteiger partial charge >= 0.3 is 0 Å². The van der Waals surface area contributed by atoms with E-state index in [1.54, 1.807) is 6.07 Å². The van der Waals surface area contributed by atoms with E-state index in [0.29, 0.717) is 12.1 Å². The Kier molecular flexibility index (Phi) is 4.59. The highest BCUT2D eigenvalue weighted by molar-refractivity contribution is 6.18. The van der Waals surface area contributed by atoms with E-state index < -0.39 is 5.91 Å². The quantitative estimate of drug-likeness (QED) is 0.391. The van der Waals surface area contributed by atoms with E-state index >= 15 is 0 Å². The van der Waals surface area contributed by atoms with Gasteiger partial charge in [0.05, 0.1) is 11.0 Å². The summed E-state index contributed by atoms with van der Waals surface area (Å²) in [5, 5.41) is 1.79. The number of hydrogen-bond donors (Lipinski definition) is 1. The highest BCUT2D eigenvalue weighted by Gasteiger charge is 2.18. The highest BCUT2D eigenvalue weighted by Crippen LogP contribution is 2.35. The highest BCUT2D eigenvalue weighted by atomic mass is 16.1. The zero-order valence-corrected chi connectivity index (χ0v) is 17.6. The van der Waals surface area contributed by atoms with Gasteiger partial charge in [0.15, 0.2) is 0 Å². The van der Waals surface area contributed by atoms with Crippen LogP contribution in [0.2, 0.25) is 0 Å². The largest absolute Gasteiger partial charge is 0.366 e. The number of benzene rings is 4. The molecule has 5 rings (SSSR count). The van der Waals surface area contributed by atoms with Crippen LogP contribution in [-0.4, -0.2) is 10.5 Å². The number of carbonyl (C=O) groups excluding carboxylic acids is 1. The minimum absolute atomic E-state index is 0.420. The van der Waals surface area contributed by atoms with Crippen molar-refractivity contribution in [2.75, 3.05) is 0 Å². The second kappa shape index (κ2) is 7.44. The fourth-order valence-corrected chi connectivity index (χ4v) is 4.42. The van der Waals surface area contributed by atoms with Crippen molar-refractivity contribution >= 4 is 27.7 Å². The van der Waals surface area contributed by atoms with Crippen LogP contribution in [0.1, 0.15) is 27.0 Å². The van der Waals surface area contributed by atoms with Gasteiger partial charge in [-0.1, -0.05) is 60.2 Å². The van der Waals surface area contributed by atoms with Crippen molar-refractivity contribution in [1.29, 1.82) is 0 Å². The predicted molar refractivity (Wildman–Crippen MR) is 127 cm³/mol. The van der Waals surface area contributed by atoms with E-state index in [0.717, 1.165) is 32.9 Å². The fraction of sp³-hybridized carbons (Fsp3) is 0.107. The molecular formula is C28H23N2O. The molecular weight excluding hydrogens is 380 g/mol. The maximum atomic E-state index is 12.2. The molecule has 0 aliphatic rings. The summed E-state index contributed by atoms with van der Waals surface area (Å²) < 4.78 is 2.28. The van der Waals surface area contributed by atoms with Crippen molar-refractivity contribution < 1.29 is 4.79 Å². The monoisotopic (exact) mass is 403 g/mol. The van der Waals surface area contributed by atoms with Gasteiger partial charge in [-0.3, -0.25) is 4.79 Å². The van der Waals surface area contributed by atoms with Crippen molar-refractivity contribution in [2.45, 2.75) is 20.4 Å². The summed E-state index contributed by atoms with van der Waals surface area (Å²) in [5.41, 5.74) is 14.3. The van der Waals surface area contributed by atoms with Gasteiger partial charge in [0, 0.05) is 22.9 Å². The van der Waals surface area contributed by atoms with Crippen molar-refractivity contribution in [3.05, 3.63) is 107 Å². The Morgan fingerprint density at radius 3 is 2.45 bits per heavy atom. The Balaban J connectivity index is 1.81. The molecule has 0 spiro atoms. The van der Waals surface area contributed by atoms with Gasteiger partial charge in [-0.25, -0.2) is 0 Å². The van der Waals surface area contributed by atoms with Crippen LogP contribution in [0, 0.1) is 19.9 Å². The van der Waals surface area contributed by atoms with Crippen LogP contribution < -0.4 is 5.73 Å². The fourth-order valence-electron chi connectivity index (χ4n) is 4.42. The first-order chi connectivity index (χ1) is 15.0. The summed E-state index contributed by atoms with van der Waals surface area (Å²) in [4.78, 5) is 12.2. The molecule has 1 heterocycles. The molecule has 3 heteroatoms. The van der Waals surface area contributed by atoms with Crippen molar-refractivity contribution in [2.24, 2.45) is 5.73 Å². The maximum absolute atomic E-state index is 12.2. The standard InChI is InChI=1S/C28H23N2O/c1-18-11-12-22(19(2)15-18)17-30-25-10-6-9-24(28(29)31)27(25)23-14-13-21(16-26(23)30)20-7-4-3-5-8-20/h3-13,15-16H,17H2,1-2H3,(H2,29,31). The number of amides is 1. The van der Waals surface area contributed by atoms with Gasteiger partial charge in [0.1, 0.15) is 0 Å². The van der Waals surface area contributed by atoms with Gasteiger partial charge < -0.3 is 10.3 Å². The topological polar surface area (TPSA) is 48.0 Å². The Morgan fingerprint density at radius 2 is 1.71 bits per heavy atom. The summed E-state index contributed by atoms with van der Waals surface area (Å²) in [6.45, 7) is 4.96. The van der Waals surface area contributed by atoms with E-state index in [-0.39, 0.29) is 0 Å². The molecule has 0 saturated carbocycles. The summed E-state index contributed by atoms with van der Waals surface area (Å²) in [7, 11) is 0. The second-order valence-electron chi connectivity index (χ2n) is 8.09. The summed E-state index contributed by atoms with van der Waals surface area (Å²) in [6, 6.07) is 30.2. The van der Waals surface area contributed by atoms with Gasteiger partial charge in [-0.05, 0) is 66.4 Å². The molecule has 31 heavy (non-hydrogen) atoms. The van der Waals surface area contributed by atoms with Crippen LogP contribution in [0.5, 0.6) is 0 Å². The molecule has 2 N–H and O–H groups in total. The number of rotatable bonds is 4. The molecule has 151 valence electrons. The smallest absolute Gasteiger partial charge is 0.249 e. The molecule has 0 atom stereocenters. The van der Waals surface area contributed by atoms with E-state index in [9.17, 15) is 4.79 Å². The molecule has 3 nitrogen and oxygen atoms in total. The van der Waals surface area contributed by atoms with E-state index in [1.807, 2.05) is 30.3 Å². The number of hydrogen-bond acceptors (Lipinski definition) is 1. The Labute approximate surface area is 181 Å². The molecule has 0 bridgehead atoms. The Bertz CT molecular complexity index is 1440. The number of carbonyl (C=O) groups is 1. The molecule has 1 aromatic heterocycles. The molecule has 0 unspecified atom stereocenters. The first-order valence-corrected chi connectivity index (χ1v) is 10.4. The van der Waals surface area contributed by atoms with Gasteiger partial charge in [-0.2, -0.15) is 0 Å². The van der Waals surface area contributed by atoms with Crippen LogP contribution in [0.4, 0.5) is 0 Å². The summed E-state index contributed by atoms with van der Waals surface area (Å²) >= 11 is 0. The maximum Gasteiger partial charge on any atom is 0.249 e. The van der Waals surface area contributed by atoms with Crippen LogP contribution in [0.3, 0.4) is 0 Å². The van der Waals surface area contributed by atoms with E-state index in [2.05, 4.69) is 66.9 Å². The molecule has 4 aromatic carbocycles. The molecule has 1 amide bonds. The average Bonchev–Trinajstić information content (AvgIpc) is 3.09. The third kappa shape index (κ3) is 3.28. The lowest BCUT2D eigenvalue weighted by atomic mass is 10.0. The van der Waals surface area contributed by atoms with Crippen LogP contribution in [0.15, 0.2) is 78.9 Å². The zero-order chi connectivity index (χ0) is 21.5. The van der Waals surface area contributed by atoms with Crippen molar-refractivity contribution in [3.8, 4) is 11.1 Å². The third-order valence-electron chi connectivity index (χ3n) is 5.99. The molecule has 0 aliphatic carbocycles. The average molecular weight is 404 g/mol. The first-order valence-electron chi connectivity index (χ1n) is 10.4. The van der Waals surface area contributed by atoms with Crippen molar-refractivity contribution in [3.63, 3.8) is 0 Å². The molecule has 0 saturated heterocycles. The molecule has 1 radical (unpaired) electrons. The number of primary amides is 1. The van der Waals surface area contributed by atoms with Crippen LogP contribution >= 0.6 is 0 Å². The molecule has 0 aliphatic heterocycles. The summed E-state index contributed by atoms with van der Waals surface area (Å²) in [6.07, 6.45) is 0. The normalized spacial score (nSPS) is 11.3. The third-order valence-corrected chi connectivity index (χ3v) is 5.99. The zero-order valence-electron chi connectivity index (χ0n) is 17.6. The first kappa shape index (κ1) is 19.1. The predicted octanol–water partition coefficient (Wildman–Crippen LogP) is 6.03. The number of aromatic nitrogens is 1. The summed E-state index contributed by atoms with van der Waals surface area (Å²) in [5.74, 6) is -0.420. The number of nitrogens with zero attached hydrogens (tertiary/aromatic N) is 1. The Hall–Kier alpha value is -3.85. The minimum atomic E-state index is -0.420. The Morgan fingerprint density at radius 1 is 0.903 bits per heavy atom. The van der Waals surface area contributed by atoms with Gasteiger partial charge in [0.25, 0.3) is 0 Å². The second-order valence-corrected chi connectivity index (χ2v) is 8.09. The lowest BCUT2D eigenvalue weighted by Gasteiger charge is -2.12. The molecule has 5 aromatic rings. The van der Waals surface area contributed by atoms with E-state index in [4.69, 9.17) is 5.73 Å². The van der Waals surface area contributed by atoms with Crippen molar-refractivity contribution in [1.82, 2.24) is 4.57 Å². The van der Waals surface area contributed by atoms with Gasteiger partial charge in [0.2, 0.25) is 5.91 Å². The number of fused-ring (bicyclic) bond motifs is 3. The minimum Gasteiger partial charge on any atom is -0.366 e. The lowest BCUT2D eigenvalue weighted by Crippen LogP contribution is -2.11. The van der Waals surface area contributed by atoms with Gasteiger partial charge in [-0.15, -0.1) is 0 Å². The van der Waals surface area contributed by atoms with Crippen LogP contribution in [0.25, 0.3) is 32.9 Å². The van der Waals surface area contributed by atoms with Crippen LogP contribution in [-0.2, 0) is 6.54 Å². The van der Waals surface area contributed by atoms with E-state index in [1.165, 1.54) is 16.7 Å². The number of aryl methyl sites for hydroxylation is 2. The lowest BCUT2D eigenvalue weighted by molar-refractivity contribution is 0.100. The molecule has 0 fully saturated rings. The number of nitrogens with two attached hydrogens (primary N) is 1. The SMILES string of the molecule is Cc1ccc(Cn2c3cc(-c4ccccc4)c[c]c3c3c(C(N)=O)cccc32)c(C)c1.